The van der Waals surface area contributed by atoms with Crippen LogP contribution in [0.15, 0.2) is 30.6 Å². The normalized spacial score (nSPS) is 11.2. The SMILES string of the molecule is Cc1ccc(-c2c(C(=O)CCl)n(CCCO)c3ncnc(N)c23)cc1. The number of nitrogens with zero attached hydrogens (tertiary/aromatic N) is 3. The number of aromatic nitrogens is 3. The van der Waals surface area contributed by atoms with Gasteiger partial charge in [-0.15, -0.1) is 11.6 Å². The van der Waals surface area contributed by atoms with Crippen LogP contribution in [0.4, 0.5) is 5.82 Å². The van der Waals surface area contributed by atoms with Crippen molar-refractivity contribution in [2.75, 3.05) is 18.2 Å². The zero-order chi connectivity index (χ0) is 18.0. The third-order valence-corrected chi connectivity index (χ3v) is 4.38. The smallest absolute Gasteiger partial charge is 0.194 e. The van der Waals surface area contributed by atoms with Gasteiger partial charge in [0.05, 0.1) is 17.0 Å². The molecule has 0 spiro atoms. The Balaban J connectivity index is 2.39. The second-order valence-electron chi connectivity index (χ2n) is 5.83. The van der Waals surface area contributed by atoms with E-state index in [0.29, 0.717) is 41.1 Å². The Kier molecular flexibility index (Phi) is 5.01. The van der Waals surface area contributed by atoms with Crippen molar-refractivity contribution in [3.63, 3.8) is 0 Å². The van der Waals surface area contributed by atoms with Gasteiger partial charge in [0.1, 0.15) is 17.8 Å². The molecule has 0 aliphatic heterocycles. The minimum absolute atomic E-state index is 0.00854. The predicted octanol–water partition coefficient (Wildman–Crippen LogP) is 2.79. The number of aliphatic hydroxyl groups is 1. The molecule has 2 heterocycles. The number of alkyl halides is 1. The fourth-order valence-electron chi connectivity index (χ4n) is 2.99. The highest BCUT2D eigenvalue weighted by atomic mass is 35.5. The number of hydrogen-bond acceptors (Lipinski definition) is 5. The summed E-state index contributed by atoms with van der Waals surface area (Å²) in [6.45, 7) is 2.44. The summed E-state index contributed by atoms with van der Waals surface area (Å²) in [6.07, 6.45) is 1.87. The Morgan fingerprint density at radius 3 is 2.64 bits per heavy atom. The van der Waals surface area contributed by atoms with Gasteiger partial charge < -0.3 is 15.4 Å². The molecule has 25 heavy (non-hydrogen) atoms. The van der Waals surface area contributed by atoms with Crippen molar-refractivity contribution in [3.05, 3.63) is 41.9 Å². The number of nitrogen functional groups attached to an aromatic ring is 1. The van der Waals surface area contributed by atoms with Crippen LogP contribution in [0.2, 0.25) is 0 Å². The number of rotatable bonds is 6. The Hall–Kier alpha value is -2.44. The summed E-state index contributed by atoms with van der Waals surface area (Å²) >= 11 is 5.87. The number of nitrogens with two attached hydrogens (primary N) is 1. The van der Waals surface area contributed by atoms with Crippen LogP contribution in [0.1, 0.15) is 22.5 Å². The zero-order valence-corrected chi connectivity index (χ0v) is 14.6. The van der Waals surface area contributed by atoms with Gasteiger partial charge >= 0.3 is 0 Å². The summed E-state index contributed by atoms with van der Waals surface area (Å²) in [5, 5.41) is 9.85. The Morgan fingerprint density at radius 2 is 2.00 bits per heavy atom. The molecule has 0 atom stereocenters. The van der Waals surface area contributed by atoms with Gasteiger partial charge in [-0.3, -0.25) is 4.79 Å². The predicted molar refractivity (Wildman–Crippen MR) is 98.9 cm³/mol. The number of anilines is 1. The maximum absolute atomic E-state index is 12.6. The maximum Gasteiger partial charge on any atom is 0.194 e. The monoisotopic (exact) mass is 358 g/mol. The molecule has 3 N–H and O–H groups in total. The van der Waals surface area contributed by atoms with E-state index < -0.39 is 0 Å². The van der Waals surface area contributed by atoms with E-state index >= 15 is 0 Å². The van der Waals surface area contributed by atoms with Crippen LogP contribution < -0.4 is 5.73 Å². The molecule has 6 nitrogen and oxygen atoms in total. The first-order valence-corrected chi connectivity index (χ1v) is 8.51. The lowest BCUT2D eigenvalue weighted by Crippen LogP contribution is -2.12. The Bertz CT molecular complexity index is 919. The summed E-state index contributed by atoms with van der Waals surface area (Å²) < 4.78 is 1.78. The number of fused-ring (bicyclic) bond motifs is 1. The molecule has 130 valence electrons. The van der Waals surface area contributed by atoms with Gasteiger partial charge in [-0.2, -0.15) is 0 Å². The lowest BCUT2D eigenvalue weighted by molar-refractivity contribution is 0.101. The molecular weight excluding hydrogens is 340 g/mol. The molecule has 0 unspecified atom stereocenters. The summed E-state index contributed by atoms with van der Waals surface area (Å²) in [5.74, 6) is -0.0544. The highest BCUT2D eigenvalue weighted by molar-refractivity contribution is 6.32. The number of halogens is 1. The van der Waals surface area contributed by atoms with Crippen molar-refractivity contribution >= 4 is 34.2 Å². The minimum atomic E-state index is -0.215. The number of ketones is 1. The first-order valence-electron chi connectivity index (χ1n) is 7.98. The van der Waals surface area contributed by atoms with Crippen LogP contribution >= 0.6 is 11.6 Å². The summed E-state index contributed by atoms with van der Waals surface area (Å²) in [4.78, 5) is 21.1. The van der Waals surface area contributed by atoms with E-state index in [1.54, 1.807) is 4.57 Å². The number of carbonyl (C=O) groups excluding carboxylic acids is 1. The third kappa shape index (κ3) is 3.10. The standard InChI is InChI=1S/C18H19ClN4O2/c1-11-3-5-12(6-4-11)14-15-17(20)21-10-22-18(15)23(7-2-8-24)16(14)13(25)9-19/h3-6,10,24H,2,7-9H2,1H3,(H2,20,21,22). The molecule has 0 amide bonds. The molecule has 3 aromatic rings. The van der Waals surface area contributed by atoms with Gasteiger partial charge in [0.2, 0.25) is 0 Å². The Labute approximate surface area is 150 Å². The quantitative estimate of drug-likeness (QED) is 0.522. The van der Waals surface area contributed by atoms with E-state index in [-0.39, 0.29) is 18.3 Å². The topological polar surface area (TPSA) is 94.0 Å². The minimum Gasteiger partial charge on any atom is -0.396 e. The highest BCUT2D eigenvalue weighted by Crippen LogP contribution is 2.37. The molecule has 0 aliphatic rings. The number of carbonyl (C=O) groups is 1. The maximum atomic E-state index is 12.6. The summed E-state index contributed by atoms with van der Waals surface area (Å²) in [5.41, 5.74) is 9.81. The molecule has 0 fully saturated rings. The average molecular weight is 359 g/mol. The second-order valence-corrected chi connectivity index (χ2v) is 6.10. The van der Waals surface area contributed by atoms with E-state index in [1.807, 2.05) is 31.2 Å². The molecule has 3 rings (SSSR count). The molecule has 7 heteroatoms. The van der Waals surface area contributed by atoms with Gasteiger partial charge in [-0.1, -0.05) is 29.8 Å². The van der Waals surface area contributed by atoms with Crippen LogP contribution in [0, 0.1) is 6.92 Å². The molecule has 0 aliphatic carbocycles. The van der Waals surface area contributed by atoms with Gasteiger partial charge in [0.15, 0.2) is 5.78 Å². The van der Waals surface area contributed by atoms with Crippen molar-refractivity contribution in [2.24, 2.45) is 0 Å². The fourth-order valence-corrected chi connectivity index (χ4v) is 3.12. The van der Waals surface area contributed by atoms with Crippen molar-refractivity contribution < 1.29 is 9.90 Å². The number of aliphatic hydroxyl groups excluding tert-OH is 1. The van der Waals surface area contributed by atoms with Crippen LogP contribution in [0.5, 0.6) is 0 Å². The largest absolute Gasteiger partial charge is 0.396 e. The van der Waals surface area contributed by atoms with Crippen molar-refractivity contribution in [2.45, 2.75) is 19.9 Å². The van der Waals surface area contributed by atoms with Crippen molar-refractivity contribution in [1.29, 1.82) is 0 Å². The van der Waals surface area contributed by atoms with Crippen LogP contribution in [0.25, 0.3) is 22.2 Å². The third-order valence-electron chi connectivity index (χ3n) is 4.13. The Morgan fingerprint density at radius 1 is 1.28 bits per heavy atom. The molecule has 1 aromatic carbocycles. The molecule has 0 bridgehead atoms. The first-order chi connectivity index (χ1) is 12.1. The number of benzene rings is 1. The molecule has 0 radical (unpaired) electrons. The highest BCUT2D eigenvalue weighted by Gasteiger charge is 2.25. The first kappa shape index (κ1) is 17.4. The molecule has 0 saturated carbocycles. The van der Waals surface area contributed by atoms with Crippen molar-refractivity contribution in [1.82, 2.24) is 14.5 Å². The number of aryl methyl sites for hydroxylation is 2. The van der Waals surface area contributed by atoms with E-state index in [1.165, 1.54) is 6.33 Å². The van der Waals surface area contributed by atoms with E-state index in [2.05, 4.69) is 9.97 Å². The van der Waals surface area contributed by atoms with Gasteiger partial charge in [0, 0.05) is 18.7 Å². The van der Waals surface area contributed by atoms with Gasteiger partial charge in [-0.05, 0) is 18.9 Å². The van der Waals surface area contributed by atoms with Gasteiger partial charge in [0.25, 0.3) is 0 Å². The molecular formula is C18H19ClN4O2. The van der Waals surface area contributed by atoms with Crippen LogP contribution in [-0.2, 0) is 6.54 Å². The fraction of sp³-hybridized carbons (Fsp3) is 0.278. The summed E-state index contributed by atoms with van der Waals surface area (Å²) in [7, 11) is 0. The lowest BCUT2D eigenvalue weighted by Gasteiger charge is -2.09. The van der Waals surface area contributed by atoms with E-state index in [4.69, 9.17) is 17.3 Å². The lowest BCUT2D eigenvalue weighted by atomic mass is 10.00. The second kappa shape index (κ2) is 7.21. The van der Waals surface area contributed by atoms with E-state index in [9.17, 15) is 9.90 Å². The zero-order valence-electron chi connectivity index (χ0n) is 13.9. The number of Topliss-reactive ketones (excluding diaryl/α,β-unsaturated/α-hetero) is 1. The summed E-state index contributed by atoms with van der Waals surface area (Å²) in [6, 6.07) is 7.83. The van der Waals surface area contributed by atoms with Crippen molar-refractivity contribution in [3.8, 4) is 11.1 Å². The number of hydrogen-bond donors (Lipinski definition) is 2. The molecule has 0 saturated heterocycles. The van der Waals surface area contributed by atoms with Crippen LogP contribution in [-0.4, -0.2) is 37.9 Å². The average Bonchev–Trinajstić information content (AvgIpc) is 2.95. The van der Waals surface area contributed by atoms with E-state index in [0.717, 1.165) is 11.1 Å². The van der Waals surface area contributed by atoms with Gasteiger partial charge in [-0.25, -0.2) is 9.97 Å². The van der Waals surface area contributed by atoms with Crippen LogP contribution in [0.3, 0.4) is 0 Å². The molecule has 2 aromatic heterocycles.